The summed E-state index contributed by atoms with van der Waals surface area (Å²) in [7, 11) is 3.91. The highest BCUT2D eigenvalue weighted by atomic mass is 35.5. The Bertz CT molecular complexity index is 764. The zero-order chi connectivity index (χ0) is 19.3. The molecule has 0 aliphatic rings. The first-order chi connectivity index (χ1) is 12.2. The van der Waals surface area contributed by atoms with Crippen LogP contribution >= 0.6 is 11.6 Å². The van der Waals surface area contributed by atoms with Gasteiger partial charge in [-0.25, -0.2) is 4.98 Å². The molecule has 1 heterocycles. The van der Waals surface area contributed by atoms with E-state index in [9.17, 15) is 18.0 Å². The molecule has 0 aliphatic heterocycles. The highest BCUT2D eigenvalue weighted by molar-refractivity contribution is 6.31. The van der Waals surface area contributed by atoms with Crippen LogP contribution in [0.4, 0.5) is 24.5 Å². The normalized spacial score (nSPS) is 11.5. The number of alkyl halides is 3. The van der Waals surface area contributed by atoms with Gasteiger partial charge >= 0.3 is 6.18 Å². The van der Waals surface area contributed by atoms with Crippen molar-refractivity contribution in [3.8, 4) is 0 Å². The summed E-state index contributed by atoms with van der Waals surface area (Å²) in [5.41, 5.74) is -0.187. The number of halogens is 4. The van der Waals surface area contributed by atoms with Crippen molar-refractivity contribution >= 4 is 28.9 Å². The number of carbonyl (C=O) groups excluding carboxylic acids is 1. The average molecular weight is 387 g/mol. The largest absolute Gasteiger partial charge is 0.417 e. The Kier molecular flexibility index (Phi) is 6.44. The summed E-state index contributed by atoms with van der Waals surface area (Å²) in [4.78, 5) is 18.2. The summed E-state index contributed by atoms with van der Waals surface area (Å²) in [6.07, 6.45) is -3.11. The topological polar surface area (TPSA) is 57.3 Å². The van der Waals surface area contributed by atoms with Crippen molar-refractivity contribution in [2.24, 2.45) is 0 Å². The molecule has 1 amide bonds. The molecule has 0 spiro atoms. The van der Waals surface area contributed by atoms with Crippen molar-refractivity contribution in [2.75, 3.05) is 37.8 Å². The van der Waals surface area contributed by atoms with Crippen molar-refractivity contribution in [2.45, 2.75) is 6.18 Å². The fourth-order valence-electron chi connectivity index (χ4n) is 2.07. The number of amides is 1. The van der Waals surface area contributed by atoms with Crippen LogP contribution in [0.2, 0.25) is 5.02 Å². The minimum atomic E-state index is -4.60. The number of nitrogens with one attached hydrogen (secondary N) is 2. The van der Waals surface area contributed by atoms with Crippen LogP contribution in [0.5, 0.6) is 0 Å². The Balaban J connectivity index is 2.04. The molecular formula is C17H18ClF3N4O. The Morgan fingerprint density at radius 3 is 2.46 bits per heavy atom. The second kappa shape index (κ2) is 8.37. The molecule has 1 aromatic heterocycles. The molecule has 0 radical (unpaired) electrons. The monoisotopic (exact) mass is 386 g/mol. The van der Waals surface area contributed by atoms with Gasteiger partial charge in [-0.1, -0.05) is 11.6 Å². The molecule has 2 aromatic rings. The number of benzene rings is 1. The number of pyridine rings is 1. The predicted octanol–water partition coefficient (Wildman–Crippen LogP) is 3.98. The summed E-state index contributed by atoms with van der Waals surface area (Å²) < 4.78 is 38.6. The van der Waals surface area contributed by atoms with Gasteiger partial charge in [-0.3, -0.25) is 4.79 Å². The molecule has 9 heteroatoms. The van der Waals surface area contributed by atoms with Crippen molar-refractivity contribution in [1.82, 2.24) is 9.88 Å². The second-order valence-electron chi connectivity index (χ2n) is 5.81. The minimum absolute atomic E-state index is 0.0123. The van der Waals surface area contributed by atoms with E-state index in [1.54, 1.807) is 6.07 Å². The van der Waals surface area contributed by atoms with Crippen LogP contribution in [-0.2, 0) is 6.18 Å². The molecular weight excluding hydrogens is 369 g/mol. The minimum Gasteiger partial charge on any atom is -0.383 e. The summed E-state index contributed by atoms with van der Waals surface area (Å²) in [5.74, 6) is -0.611. The van der Waals surface area contributed by atoms with Crippen LogP contribution in [-0.4, -0.2) is 43.0 Å². The number of anilines is 2. The molecule has 0 bridgehead atoms. The summed E-state index contributed by atoms with van der Waals surface area (Å²) in [6, 6.07) is 6.35. The quantitative estimate of drug-likeness (QED) is 0.788. The fourth-order valence-corrected chi connectivity index (χ4v) is 2.30. The maximum Gasteiger partial charge on any atom is 0.417 e. The van der Waals surface area contributed by atoms with Crippen LogP contribution in [0.25, 0.3) is 0 Å². The van der Waals surface area contributed by atoms with Gasteiger partial charge in [-0.05, 0) is 44.4 Å². The lowest BCUT2D eigenvalue weighted by Crippen LogP contribution is -2.21. The van der Waals surface area contributed by atoms with Crippen LogP contribution < -0.4 is 10.6 Å². The number of carbonyl (C=O) groups is 1. The predicted molar refractivity (Wildman–Crippen MR) is 95.7 cm³/mol. The lowest BCUT2D eigenvalue weighted by atomic mass is 10.2. The lowest BCUT2D eigenvalue weighted by Gasteiger charge is -2.12. The summed E-state index contributed by atoms with van der Waals surface area (Å²) in [5, 5.41) is 5.11. The van der Waals surface area contributed by atoms with Crippen molar-refractivity contribution in [1.29, 1.82) is 0 Å². The lowest BCUT2D eigenvalue weighted by molar-refractivity contribution is -0.137. The maximum atomic E-state index is 12.9. The van der Waals surface area contributed by atoms with E-state index < -0.39 is 22.7 Å². The number of rotatable bonds is 6. The number of nitrogens with zero attached hydrogens (tertiary/aromatic N) is 2. The number of hydrogen-bond acceptors (Lipinski definition) is 4. The molecule has 26 heavy (non-hydrogen) atoms. The van der Waals surface area contributed by atoms with E-state index in [4.69, 9.17) is 11.6 Å². The molecule has 0 saturated heterocycles. The van der Waals surface area contributed by atoms with Crippen LogP contribution in [0.15, 0.2) is 36.5 Å². The Morgan fingerprint density at radius 1 is 1.19 bits per heavy atom. The first kappa shape index (κ1) is 20.0. The van der Waals surface area contributed by atoms with E-state index in [-0.39, 0.29) is 11.4 Å². The van der Waals surface area contributed by atoms with E-state index in [1.807, 2.05) is 19.0 Å². The highest BCUT2D eigenvalue weighted by Gasteiger charge is 2.33. The average Bonchev–Trinajstić information content (AvgIpc) is 2.56. The Labute approximate surface area is 154 Å². The molecule has 0 aliphatic carbocycles. The first-order valence-corrected chi connectivity index (χ1v) is 8.07. The van der Waals surface area contributed by atoms with Gasteiger partial charge in [-0.15, -0.1) is 0 Å². The fraction of sp³-hybridized carbons (Fsp3) is 0.294. The van der Waals surface area contributed by atoms with Gasteiger partial charge in [0.05, 0.1) is 22.5 Å². The van der Waals surface area contributed by atoms with E-state index in [1.165, 1.54) is 18.3 Å². The van der Waals surface area contributed by atoms with Crippen molar-refractivity contribution < 1.29 is 18.0 Å². The van der Waals surface area contributed by atoms with E-state index >= 15 is 0 Å². The molecule has 0 atom stereocenters. The number of hydrogen-bond donors (Lipinski definition) is 2. The Morgan fingerprint density at radius 2 is 1.88 bits per heavy atom. The van der Waals surface area contributed by atoms with Gasteiger partial charge in [0.2, 0.25) is 0 Å². The van der Waals surface area contributed by atoms with Crippen molar-refractivity contribution in [3.63, 3.8) is 0 Å². The Hall–Kier alpha value is -2.32. The first-order valence-electron chi connectivity index (χ1n) is 7.69. The van der Waals surface area contributed by atoms with Crippen LogP contribution in [0.3, 0.4) is 0 Å². The molecule has 140 valence electrons. The van der Waals surface area contributed by atoms with E-state index in [0.717, 1.165) is 24.4 Å². The van der Waals surface area contributed by atoms with Gasteiger partial charge in [0.25, 0.3) is 5.91 Å². The summed E-state index contributed by atoms with van der Waals surface area (Å²) in [6.45, 7) is 1.55. The third kappa shape index (κ3) is 5.60. The van der Waals surface area contributed by atoms with Gasteiger partial charge in [0.1, 0.15) is 5.69 Å². The zero-order valence-electron chi connectivity index (χ0n) is 14.2. The molecule has 5 nitrogen and oxygen atoms in total. The third-order valence-corrected chi connectivity index (χ3v) is 3.74. The van der Waals surface area contributed by atoms with Crippen LogP contribution in [0, 0.1) is 0 Å². The molecule has 0 fully saturated rings. The van der Waals surface area contributed by atoms with Gasteiger partial charge in [0, 0.05) is 18.8 Å². The standard InChI is InChI=1S/C17H18ClF3N4O/c1-25(2)8-7-22-12-4-6-15(23-10-12)16(26)24-11-3-5-14(18)13(9-11)17(19,20)21/h3-6,9-10,22H,7-8H2,1-2H3,(H,24,26). The molecule has 1 aromatic carbocycles. The number of likely N-dealkylation sites (N-methyl/N-ethyl adjacent to an activating group) is 1. The molecule has 2 rings (SSSR count). The highest BCUT2D eigenvalue weighted by Crippen LogP contribution is 2.36. The SMILES string of the molecule is CN(C)CCNc1ccc(C(=O)Nc2ccc(Cl)c(C(F)(F)F)c2)nc1. The smallest absolute Gasteiger partial charge is 0.383 e. The van der Waals surface area contributed by atoms with Crippen LogP contribution in [0.1, 0.15) is 16.1 Å². The molecule has 2 N–H and O–H groups in total. The van der Waals surface area contributed by atoms with E-state index in [0.29, 0.717) is 6.54 Å². The summed E-state index contributed by atoms with van der Waals surface area (Å²) >= 11 is 5.56. The zero-order valence-corrected chi connectivity index (χ0v) is 14.9. The van der Waals surface area contributed by atoms with Gasteiger partial charge in [-0.2, -0.15) is 13.2 Å². The molecule has 0 saturated carbocycles. The van der Waals surface area contributed by atoms with Gasteiger partial charge < -0.3 is 15.5 Å². The molecule has 0 unspecified atom stereocenters. The second-order valence-corrected chi connectivity index (χ2v) is 6.22. The third-order valence-electron chi connectivity index (χ3n) is 3.41. The van der Waals surface area contributed by atoms with Gasteiger partial charge in [0.15, 0.2) is 0 Å². The van der Waals surface area contributed by atoms with E-state index in [2.05, 4.69) is 15.6 Å². The number of aromatic nitrogens is 1. The van der Waals surface area contributed by atoms with Crippen molar-refractivity contribution in [3.05, 3.63) is 52.8 Å². The maximum absolute atomic E-state index is 12.9.